The largest absolute Gasteiger partial charge is 0.319 e. The van der Waals surface area contributed by atoms with Gasteiger partial charge in [0.1, 0.15) is 4.21 Å². The van der Waals surface area contributed by atoms with Crippen LogP contribution in [0.5, 0.6) is 0 Å². The normalized spacial score (nSPS) is 18.0. The fraction of sp³-hybridized carbons (Fsp3) is 0.733. The summed E-state index contributed by atoms with van der Waals surface area (Å²) in [6.07, 6.45) is 7.62. The average Bonchev–Trinajstić information content (AvgIpc) is 2.79. The predicted molar refractivity (Wildman–Crippen MR) is 88.4 cm³/mol. The number of rotatable bonds is 6. The van der Waals surface area contributed by atoms with Crippen molar-refractivity contribution in [2.24, 2.45) is 0 Å². The Bertz CT molecular complexity index is 532. The van der Waals surface area contributed by atoms with Crippen molar-refractivity contribution in [1.29, 1.82) is 0 Å². The van der Waals surface area contributed by atoms with Crippen molar-refractivity contribution in [3.8, 4) is 0 Å². The molecular formula is C15H26N2O2S2. The maximum Gasteiger partial charge on any atom is 0.252 e. The summed E-state index contributed by atoms with van der Waals surface area (Å²) in [7, 11) is 0.329. The lowest BCUT2D eigenvalue weighted by Crippen LogP contribution is -2.36. The van der Waals surface area contributed by atoms with E-state index in [0.717, 1.165) is 43.5 Å². The van der Waals surface area contributed by atoms with E-state index in [4.69, 9.17) is 0 Å². The fourth-order valence-electron chi connectivity index (χ4n) is 2.84. The lowest BCUT2D eigenvalue weighted by atomic mass is 10.1. The van der Waals surface area contributed by atoms with Gasteiger partial charge in [0.05, 0.1) is 0 Å². The molecule has 0 unspecified atom stereocenters. The second kappa shape index (κ2) is 7.72. The zero-order chi connectivity index (χ0) is 15.3. The highest BCUT2D eigenvalue weighted by Gasteiger charge is 2.29. The minimum absolute atomic E-state index is 0.167. The van der Waals surface area contributed by atoms with Crippen LogP contribution in [0.3, 0.4) is 0 Å². The average molecular weight is 331 g/mol. The molecule has 1 fully saturated rings. The Kier molecular flexibility index (Phi) is 6.22. The van der Waals surface area contributed by atoms with Gasteiger partial charge in [0, 0.05) is 18.0 Å². The van der Waals surface area contributed by atoms with Gasteiger partial charge in [-0.2, -0.15) is 4.31 Å². The van der Waals surface area contributed by atoms with E-state index in [1.165, 1.54) is 24.2 Å². The second-order valence-corrected chi connectivity index (χ2v) is 9.13. The van der Waals surface area contributed by atoms with Gasteiger partial charge in [0.25, 0.3) is 10.0 Å². The Morgan fingerprint density at radius 3 is 2.52 bits per heavy atom. The molecule has 1 heterocycles. The maximum atomic E-state index is 12.8. The Labute approximate surface area is 132 Å². The van der Waals surface area contributed by atoms with E-state index in [2.05, 4.69) is 5.32 Å². The van der Waals surface area contributed by atoms with E-state index >= 15 is 0 Å². The minimum atomic E-state index is -3.33. The number of sulfonamides is 1. The van der Waals surface area contributed by atoms with Gasteiger partial charge in [-0.3, -0.25) is 0 Å². The van der Waals surface area contributed by atoms with Crippen LogP contribution >= 0.6 is 11.3 Å². The lowest BCUT2D eigenvalue weighted by Gasteiger charge is -2.25. The van der Waals surface area contributed by atoms with Gasteiger partial charge in [0.2, 0.25) is 0 Å². The fourth-order valence-corrected chi connectivity index (χ4v) is 5.80. The zero-order valence-corrected chi connectivity index (χ0v) is 14.6. The van der Waals surface area contributed by atoms with Crippen LogP contribution in [0, 0.1) is 0 Å². The third-order valence-electron chi connectivity index (χ3n) is 4.23. The van der Waals surface area contributed by atoms with Crippen molar-refractivity contribution in [1.82, 2.24) is 9.62 Å². The summed E-state index contributed by atoms with van der Waals surface area (Å²) in [5, 5.41) is 3.09. The highest BCUT2D eigenvalue weighted by Crippen LogP contribution is 2.29. The number of nitrogens with one attached hydrogen (secondary N) is 1. The first-order valence-electron chi connectivity index (χ1n) is 7.77. The summed E-state index contributed by atoms with van der Waals surface area (Å²) in [6, 6.07) is 3.87. The molecule has 1 aliphatic carbocycles. The molecule has 0 amide bonds. The lowest BCUT2D eigenvalue weighted by molar-refractivity contribution is 0.336. The SMILES string of the molecule is CNCCc1ccc(S(=O)(=O)N(C)C2CCCCCC2)s1. The number of hydrogen-bond donors (Lipinski definition) is 1. The molecule has 1 N–H and O–H groups in total. The van der Waals surface area contributed by atoms with Crippen LogP contribution in [0.25, 0.3) is 0 Å². The van der Waals surface area contributed by atoms with Crippen molar-refractivity contribution in [2.75, 3.05) is 20.6 Å². The van der Waals surface area contributed by atoms with Crippen molar-refractivity contribution in [2.45, 2.75) is 55.2 Å². The summed E-state index contributed by atoms with van der Waals surface area (Å²) in [5.41, 5.74) is 0. The summed E-state index contributed by atoms with van der Waals surface area (Å²) in [5.74, 6) is 0. The molecule has 0 saturated heterocycles. The van der Waals surface area contributed by atoms with Gasteiger partial charge in [-0.15, -0.1) is 11.3 Å². The van der Waals surface area contributed by atoms with Crippen LogP contribution in [0.2, 0.25) is 0 Å². The van der Waals surface area contributed by atoms with Crippen LogP contribution in [0.1, 0.15) is 43.4 Å². The monoisotopic (exact) mass is 330 g/mol. The number of likely N-dealkylation sites (N-methyl/N-ethyl adjacent to an activating group) is 1. The molecule has 120 valence electrons. The predicted octanol–water partition coefficient (Wildman–Crippen LogP) is 2.85. The first kappa shape index (κ1) is 16.9. The quantitative estimate of drug-likeness (QED) is 0.816. The molecule has 1 saturated carbocycles. The molecule has 0 spiro atoms. The molecule has 2 rings (SSSR count). The summed E-state index contributed by atoms with van der Waals surface area (Å²) >= 11 is 1.41. The van der Waals surface area contributed by atoms with E-state index in [1.807, 2.05) is 13.1 Å². The summed E-state index contributed by atoms with van der Waals surface area (Å²) < 4.78 is 27.6. The Hall–Kier alpha value is -0.430. The van der Waals surface area contributed by atoms with Gasteiger partial charge in [-0.05, 0) is 45.0 Å². The first-order valence-corrected chi connectivity index (χ1v) is 10.0. The first-order chi connectivity index (χ1) is 10.1. The molecule has 1 aromatic rings. The molecule has 0 radical (unpaired) electrons. The molecule has 1 aromatic heterocycles. The summed E-state index contributed by atoms with van der Waals surface area (Å²) in [6.45, 7) is 0.873. The zero-order valence-electron chi connectivity index (χ0n) is 13.0. The van der Waals surface area contributed by atoms with Crippen LogP contribution < -0.4 is 5.32 Å². The molecule has 0 aliphatic heterocycles. The minimum Gasteiger partial charge on any atom is -0.319 e. The topological polar surface area (TPSA) is 49.4 Å². The third-order valence-corrected chi connectivity index (χ3v) is 7.75. The third kappa shape index (κ3) is 4.28. The second-order valence-electron chi connectivity index (χ2n) is 5.74. The van der Waals surface area contributed by atoms with E-state index < -0.39 is 10.0 Å². The van der Waals surface area contributed by atoms with Gasteiger partial charge in [-0.1, -0.05) is 25.7 Å². The van der Waals surface area contributed by atoms with Crippen molar-refractivity contribution < 1.29 is 8.42 Å². The number of nitrogens with zero attached hydrogens (tertiary/aromatic N) is 1. The number of thiophene rings is 1. The highest BCUT2D eigenvalue weighted by molar-refractivity contribution is 7.91. The molecule has 0 bridgehead atoms. The molecule has 0 atom stereocenters. The summed E-state index contributed by atoms with van der Waals surface area (Å²) in [4.78, 5) is 1.12. The van der Waals surface area contributed by atoms with E-state index in [-0.39, 0.29) is 6.04 Å². The van der Waals surface area contributed by atoms with E-state index in [0.29, 0.717) is 4.21 Å². The highest BCUT2D eigenvalue weighted by atomic mass is 32.2. The number of hydrogen-bond acceptors (Lipinski definition) is 4. The van der Waals surface area contributed by atoms with Crippen LogP contribution in [0.4, 0.5) is 0 Å². The maximum absolute atomic E-state index is 12.8. The van der Waals surface area contributed by atoms with Crippen molar-refractivity contribution in [3.63, 3.8) is 0 Å². The van der Waals surface area contributed by atoms with Crippen molar-refractivity contribution >= 4 is 21.4 Å². The van der Waals surface area contributed by atoms with Crippen LogP contribution in [-0.4, -0.2) is 39.4 Å². The molecule has 6 heteroatoms. The molecule has 4 nitrogen and oxygen atoms in total. The van der Waals surface area contributed by atoms with Crippen LogP contribution in [-0.2, 0) is 16.4 Å². The van der Waals surface area contributed by atoms with Crippen molar-refractivity contribution in [3.05, 3.63) is 17.0 Å². The Morgan fingerprint density at radius 2 is 1.90 bits per heavy atom. The van der Waals surface area contributed by atoms with Gasteiger partial charge in [-0.25, -0.2) is 8.42 Å². The Balaban J connectivity index is 2.10. The molecule has 1 aliphatic rings. The Morgan fingerprint density at radius 1 is 1.24 bits per heavy atom. The van der Waals surface area contributed by atoms with E-state index in [9.17, 15) is 8.42 Å². The van der Waals surface area contributed by atoms with Crippen LogP contribution in [0.15, 0.2) is 16.3 Å². The van der Waals surface area contributed by atoms with Gasteiger partial charge < -0.3 is 5.32 Å². The van der Waals surface area contributed by atoms with E-state index in [1.54, 1.807) is 17.4 Å². The van der Waals surface area contributed by atoms with Gasteiger partial charge in [0.15, 0.2) is 0 Å². The molecule has 0 aromatic carbocycles. The molecular weight excluding hydrogens is 304 g/mol. The smallest absolute Gasteiger partial charge is 0.252 e. The molecule has 21 heavy (non-hydrogen) atoms. The van der Waals surface area contributed by atoms with Gasteiger partial charge >= 0.3 is 0 Å². The standard InChI is InChI=1S/C15H26N2O2S2/c1-16-12-11-14-9-10-15(20-14)21(18,19)17(2)13-7-5-3-4-6-8-13/h9-10,13,16H,3-8,11-12H2,1-2H3.